The minimum Gasteiger partial charge on any atom is -0.451 e. The quantitative estimate of drug-likeness (QED) is 0.765. The lowest BCUT2D eigenvalue weighted by atomic mass is 10.2. The molecule has 1 unspecified atom stereocenters. The van der Waals surface area contributed by atoms with Crippen LogP contribution >= 0.6 is 0 Å². The van der Waals surface area contributed by atoms with Gasteiger partial charge in [0, 0.05) is 19.5 Å². The molecule has 4 heteroatoms. The first kappa shape index (κ1) is 11.7. The smallest absolute Gasteiger partial charge is 0.291 e. The SMILES string of the molecule is COC(C)N(C)C(=O)c1cc2ccccc2o1. The second kappa shape index (κ2) is 4.59. The van der Waals surface area contributed by atoms with Crippen LogP contribution in [0, 0.1) is 0 Å². The van der Waals surface area contributed by atoms with Gasteiger partial charge < -0.3 is 14.1 Å². The van der Waals surface area contributed by atoms with Crippen molar-refractivity contribution in [1.82, 2.24) is 4.90 Å². The van der Waals surface area contributed by atoms with Crippen LogP contribution in [0.1, 0.15) is 17.5 Å². The first-order valence-electron chi connectivity index (χ1n) is 5.42. The molecule has 1 aromatic carbocycles. The molecule has 4 nitrogen and oxygen atoms in total. The third-order valence-electron chi connectivity index (χ3n) is 2.84. The Bertz CT molecular complexity index is 499. The van der Waals surface area contributed by atoms with E-state index in [2.05, 4.69) is 0 Å². The number of furan rings is 1. The van der Waals surface area contributed by atoms with Gasteiger partial charge in [-0.2, -0.15) is 0 Å². The predicted octanol–water partition coefficient (Wildman–Crippen LogP) is 2.50. The largest absolute Gasteiger partial charge is 0.451 e. The first-order valence-corrected chi connectivity index (χ1v) is 5.42. The lowest BCUT2D eigenvalue weighted by Crippen LogP contribution is -2.35. The zero-order valence-electron chi connectivity index (χ0n) is 10.1. The van der Waals surface area contributed by atoms with Gasteiger partial charge in [0.1, 0.15) is 11.8 Å². The van der Waals surface area contributed by atoms with E-state index in [9.17, 15) is 4.79 Å². The summed E-state index contributed by atoms with van der Waals surface area (Å²) in [6.45, 7) is 1.81. The summed E-state index contributed by atoms with van der Waals surface area (Å²) in [7, 11) is 3.25. The Kier molecular flexibility index (Phi) is 3.15. The molecule has 2 rings (SSSR count). The van der Waals surface area contributed by atoms with Crippen molar-refractivity contribution in [2.75, 3.05) is 14.2 Å². The van der Waals surface area contributed by atoms with Gasteiger partial charge in [-0.3, -0.25) is 4.79 Å². The zero-order chi connectivity index (χ0) is 12.4. The van der Waals surface area contributed by atoms with Crippen molar-refractivity contribution in [3.8, 4) is 0 Å². The number of fused-ring (bicyclic) bond motifs is 1. The molecule has 0 radical (unpaired) electrons. The Morgan fingerprint density at radius 3 is 2.76 bits per heavy atom. The fraction of sp³-hybridized carbons (Fsp3) is 0.308. The van der Waals surface area contributed by atoms with Crippen molar-refractivity contribution in [3.05, 3.63) is 36.1 Å². The van der Waals surface area contributed by atoms with Crippen molar-refractivity contribution in [2.45, 2.75) is 13.2 Å². The Balaban J connectivity index is 2.30. The van der Waals surface area contributed by atoms with Crippen LogP contribution in [0.4, 0.5) is 0 Å². The number of methoxy groups -OCH3 is 1. The third-order valence-corrected chi connectivity index (χ3v) is 2.84. The average Bonchev–Trinajstić information content (AvgIpc) is 2.79. The summed E-state index contributed by atoms with van der Waals surface area (Å²) >= 11 is 0. The number of hydrogen-bond donors (Lipinski definition) is 0. The minimum atomic E-state index is -0.282. The molecule has 90 valence electrons. The normalized spacial score (nSPS) is 12.6. The number of benzene rings is 1. The van der Waals surface area contributed by atoms with E-state index in [0.717, 1.165) is 5.39 Å². The second-order valence-electron chi connectivity index (χ2n) is 3.90. The van der Waals surface area contributed by atoms with Gasteiger partial charge in [0.15, 0.2) is 5.76 Å². The van der Waals surface area contributed by atoms with E-state index in [4.69, 9.17) is 9.15 Å². The van der Waals surface area contributed by atoms with E-state index in [1.54, 1.807) is 27.1 Å². The minimum absolute atomic E-state index is 0.185. The molecule has 2 aromatic rings. The number of amides is 1. The average molecular weight is 233 g/mol. The standard InChI is InChI=1S/C13H15NO3/c1-9(16-3)14(2)13(15)12-8-10-6-4-5-7-11(10)17-12/h4-9H,1-3H3. The fourth-order valence-electron chi connectivity index (χ4n) is 1.58. The van der Waals surface area contributed by atoms with Crippen LogP contribution in [-0.4, -0.2) is 31.2 Å². The van der Waals surface area contributed by atoms with Gasteiger partial charge in [-0.15, -0.1) is 0 Å². The summed E-state index contributed by atoms with van der Waals surface area (Å²) in [6, 6.07) is 9.28. The molecule has 0 aliphatic carbocycles. The topological polar surface area (TPSA) is 42.7 Å². The maximum atomic E-state index is 12.1. The number of rotatable bonds is 3. The Labute approximate surface area is 99.8 Å². The van der Waals surface area contributed by atoms with Gasteiger partial charge in [-0.05, 0) is 19.1 Å². The maximum absolute atomic E-state index is 12.1. The molecule has 0 N–H and O–H groups in total. The van der Waals surface area contributed by atoms with Crippen molar-refractivity contribution in [3.63, 3.8) is 0 Å². The van der Waals surface area contributed by atoms with Crippen molar-refractivity contribution in [1.29, 1.82) is 0 Å². The molecule has 1 amide bonds. The molecule has 17 heavy (non-hydrogen) atoms. The Morgan fingerprint density at radius 1 is 1.41 bits per heavy atom. The van der Waals surface area contributed by atoms with Crippen LogP contribution in [0.2, 0.25) is 0 Å². The van der Waals surface area contributed by atoms with Crippen LogP contribution in [0.15, 0.2) is 34.7 Å². The van der Waals surface area contributed by atoms with E-state index >= 15 is 0 Å². The Hall–Kier alpha value is -1.81. The predicted molar refractivity (Wildman–Crippen MR) is 64.8 cm³/mol. The first-order chi connectivity index (χ1) is 8.13. The number of carbonyl (C=O) groups is 1. The van der Waals surface area contributed by atoms with Gasteiger partial charge in [0.05, 0.1) is 0 Å². The van der Waals surface area contributed by atoms with Gasteiger partial charge >= 0.3 is 0 Å². The Morgan fingerprint density at radius 2 is 2.12 bits per heavy atom. The molecule has 1 heterocycles. The molecule has 0 saturated carbocycles. The summed E-state index contributed by atoms with van der Waals surface area (Å²) in [5.74, 6) is 0.146. The molecule has 0 aliphatic heterocycles. The van der Waals surface area contributed by atoms with Gasteiger partial charge in [-0.25, -0.2) is 0 Å². The summed E-state index contributed by atoms with van der Waals surface area (Å²) < 4.78 is 10.6. The highest BCUT2D eigenvalue weighted by Crippen LogP contribution is 2.20. The second-order valence-corrected chi connectivity index (χ2v) is 3.90. The summed E-state index contributed by atoms with van der Waals surface area (Å²) in [6.07, 6.45) is -0.282. The summed E-state index contributed by atoms with van der Waals surface area (Å²) in [5, 5.41) is 0.925. The molecule has 0 saturated heterocycles. The molecular weight excluding hydrogens is 218 g/mol. The number of para-hydroxylation sites is 1. The molecule has 0 fully saturated rings. The lowest BCUT2D eigenvalue weighted by molar-refractivity contribution is 0.000365. The van der Waals surface area contributed by atoms with Crippen LogP contribution in [-0.2, 0) is 4.74 Å². The number of nitrogens with zero attached hydrogens (tertiary/aromatic N) is 1. The highest BCUT2D eigenvalue weighted by molar-refractivity contribution is 5.96. The number of carbonyl (C=O) groups excluding carboxylic acids is 1. The van der Waals surface area contributed by atoms with Crippen molar-refractivity contribution < 1.29 is 13.9 Å². The van der Waals surface area contributed by atoms with Crippen molar-refractivity contribution in [2.24, 2.45) is 0 Å². The fourth-order valence-corrected chi connectivity index (χ4v) is 1.58. The van der Waals surface area contributed by atoms with E-state index in [-0.39, 0.29) is 12.1 Å². The van der Waals surface area contributed by atoms with Crippen LogP contribution in [0.25, 0.3) is 11.0 Å². The molecule has 0 aliphatic rings. The van der Waals surface area contributed by atoms with Gasteiger partial charge in [-0.1, -0.05) is 18.2 Å². The molecule has 0 bridgehead atoms. The van der Waals surface area contributed by atoms with Gasteiger partial charge in [0.25, 0.3) is 5.91 Å². The van der Waals surface area contributed by atoms with Gasteiger partial charge in [0.2, 0.25) is 0 Å². The van der Waals surface area contributed by atoms with Crippen LogP contribution in [0.5, 0.6) is 0 Å². The number of hydrogen-bond acceptors (Lipinski definition) is 3. The van der Waals surface area contributed by atoms with E-state index in [1.807, 2.05) is 24.3 Å². The molecule has 0 spiro atoms. The lowest BCUT2D eigenvalue weighted by Gasteiger charge is -2.22. The molecule has 1 aromatic heterocycles. The van der Waals surface area contributed by atoms with Crippen LogP contribution in [0.3, 0.4) is 0 Å². The molecule has 1 atom stereocenters. The maximum Gasteiger partial charge on any atom is 0.291 e. The summed E-state index contributed by atoms with van der Waals surface area (Å²) in [4.78, 5) is 13.6. The zero-order valence-corrected chi connectivity index (χ0v) is 10.1. The van der Waals surface area contributed by atoms with E-state index < -0.39 is 0 Å². The highest BCUT2D eigenvalue weighted by atomic mass is 16.5. The summed E-state index contributed by atoms with van der Waals surface area (Å²) in [5.41, 5.74) is 0.717. The monoisotopic (exact) mass is 233 g/mol. The highest BCUT2D eigenvalue weighted by Gasteiger charge is 2.20. The van der Waals surface area contributed by atoms with Crippen LogP contribution < -0.4 is 0 Å². The molecular formula is C13H15NO3. The van der Waals surface area contributed by atoms with E-state index in [0.29, 0.717) is 11.3 Å². The number of ether oxygens (including phenoxy) is 1. The van der Waals surface area contributed by atoms with E-state index in [1.165, 1.54) is 4.90 Å². The van der Waals surface area contributed by atoms with Crippen molar-refractivity contribution >= 4 is 16.9 Å². The third kappa shape index (κ3) is 2.17.